The number of amides is 1. The van der Waals surface area contributed by atoms with Crippen LogP contribution in [0.3, 0.4) is 0 Å². The molecular formula is C20H19NO5S2. The van der Waals surface area contributed by atoms with Crippen molar-refractivity contribution in [1.29, 1.82) is 0 Å². The summed E-state index contributed by atoms with van der Waals surface area (Å²) < 4.78 is 30.1. The summed E-state index contributed by atoms with van der Waals surface area (Å²) in [6.07, 6.45) is 0. The molecule has 0 spiro atoms. The van der Waals surface area contributed by atoms with Gasteiger partial charge < -0.3 is 10.1 Å². The summed E-state index contributed by atoms with van der Waals surface area (Å²) in [5, 5.41) is 3.28. The molecule has 0 bridgehead atoms. The molecule has 0 aliphatic rings. The summed E-state index contributed by atoms with van der Waals surface area (Å²) in [7, 11) is -2.12. The fourth-order valence-corrected chi connectivity index (χ4v) is 4.83. The van der Waals surface area contributed by atoms with E-state index in [2.05, 4.69) is 5.32 Å². The molecule has 0 aliphatic heterocycles. The topological polar surface area (TPSA) is 89.5 Å². The van der Waals surface area contributed by atoms with Gasteiger partial charge in [0.1, 0.15) is 10.6 Å². The zero-order valence-corrected chi connectivity index (χ0v) is 17.2. The van der Waals surface area contributed by atoms with E-state index < -0.39 is 27.0 Å². The normalized spacial score (nSPS) is 11.6. The van der Waals surface area contributed by atoms with E-state index in [1.807, 2.05) is 12.1 Å². The quantitative estimate of drug-likeness (QED) is 0.631. The van der Waals surface area contributed by atoms with Gasteiger partial charge in [0, 0.05) is 15.6 Å². The highest BCUT2D eigenvalue weighted by Crippen LogP contribution is 2.36. The van der Waals surface area contributed by atoms with E-state index in [0.717, 1.165) is 4.70 Å². The molecule has 1 heterocycles. The number of rotatable bonds is 5. The van der Waals surface area contributed by atoms with Gasteiger partial charge in [0.05, 0.1) is 17.3 Å². The Morgan fingerprint density at radius 2 is 1.68 bits per heavy atom. The van der Waals surface area contributed by atoms with Crippen molar-refractivity contribution in [3.8, 4) is 0 Å². The molecule has 0 saturated heterocycles. The second-order valence-corrected chi connectivity index (χ2v) is 9.92. The molecule has 8 heteroatoms. The molecule has 2 aromatic carbocycles. The molecule has 6 nitrogen and oxygen atoms in total. The van der Waals surface area contributed by atoms with Crippen LogP contribution in [0.2, 0.25) is 0 Å². The van der Waals surface area contributed by atoms with E-state index in [9.17, 15) is 18.0 Å². The molecule has 0 saturated carbocycles. The molecule has 28 heavy (non-hydrogen) atoms. The van der Waals surface area contributed by atoms with E-state index in [-0.39, 0.29) is 10.5 Å². The number of anilines is 1. The number of sulfone groups is 1. The van der Waals surface area contributed by atoms with E-state index in [0.29, 0.717) is 16.0 Å². The van der Waals surface area contributed by atoms with Gasteiger partial charge >= 0.3 is 5.97 Å². The van der Waals surface area contributed by atoms with Gasteiger partial charge in [-0.25, -0.2) is 13.2 Å². The highest BCUT2D eigenvalue weighted by molar-refractivity contribution is 7.92. The smallest absolute Gasteiger partial charge is 0.341 e. The molecule has 146 valence electrons. The van der Waals surface area contributed by atoms with Gasteiger partial charge in [0.15, 0.2) is 9.84 Å². The molecule has 0 atom stereocenters. The Morgan fingerprint density at radius 3 is 2.29 bits per heavy atom. The van der Waals surface area contributed by atoms with Gasteiger partial charge in [-0.3, -0.25) is 4.79 Å². The van der Waals surface area contributed by atoms with Crippen molar-refractivity contribution in [3.63, 3.8) is 0 Å². The predicted molar refractivity (Wildman–Crippen MR) is 110 cm³/mol. The number of esters is 1. The number of fused-ring (bicyclic) bond motifs is 1. The van der Waals surface area contributed by atoms with E-state index in [4.69, 9.17) is 4.74 Å². The van der Waals surface area contributed by atoms with Crippen LogP contribution in [0, 0.1) is 0 Å². The summed E-state index contributed by atoms with van der Waals surface area (Å²) >= 11 is 1.27. The minimum atomic E-state index is -3.41. The average Bonchev–Trinajstić information content (AvgIpc) is 3.05. The van der Waals surface area contributed by atoms with Crippen molar-refractivity contribution in [2.75, 3.05) is 12.4 Å². The maximum atomic E-state index is 12.6. The largest absolute Gasteiger partial charge is 0.465 e. The third kappa shape index (κ3) is 3.65. The Morgan fingerprint density at radius 1 is 1.04 bits per heavy atom. The zero-order chi connectivity index (χ0) is 20.5. The first-order valence-electron chi connectivity index (χ1n) is 8.51. The first-order chi connectivity index (χ1) is 13.3. The summed E-state index contributed by atoms with van der Waals surface area (Å²) in [4.78, 5) is 25.0. The third-order valence-corrected chi connectivity index (χ3v) is 7.53. The number of carbonyl (C=O) groups is 2. The fourth-order valence-electron chi connectivity index (χ4n) is 2.68. The van der Waals surface area contributed by atoms with Crippen LogP contribution in [-0.4, -0.2) is 32.7 Å². The molecule has 3 rings (SSSR count). The molecule has 1 amide bonds. The number of methoxy groups -OCH3 is 1. The molecule has 0 aliphatic carbocycles. The summed E-state index contributed by atoms with van der Waals surface area (Å²) in [6, 6.07) is 13.0. The van der Waals surface area contributed by atoms with Crippen molar-refractivity contribution in [2.24, 2.45) is 0 Å². The average molecular weight is 418 g/mol. The van der Waals surface area contributed by atoms with Crippen molar-refractivity contribution in [2.45, 2.75) is 24.0 Å². The van der Waals surface area contributed by atoms with Crippen LogP contribution in [0.25, 0.3) is 10.1 Å². The Hall–Kier alpha value is -2.71. The van der Waals surface area contributed by atoms with E-state index in [1.54, 1.807) is 26.0 Å². The summed E-state index contributed by atoms with van der Waals surface area (Å²) in [6.45, 7) is 3.21. The van der Waals surface area contributed by atoms with Crippen LogP contribution in [0.5, 0.6) is 0 Å². The maximum absolute atomic E-state index is 12.6. The number of thiophene rings is 1. The SMILES string of the molecule is COC(=O)c1c(NC(=O)c2ccc(S(=O)(=O)C(C)C)cc2)sc2ccccc12. The van der Waals surface area contributed by atoms with Gasteiger partial charge in [0.2, 0.25) is 0 Å². The van der Waals surface area contributed by atoms with Crippen LogP contribution in [0.1, 0.15) is 34.6 Å². The van der Waals surface area contributed by atoms with Gasteiger partial charge in [-0.1, -0.05) is 18.2 Å². The second kappa shape index (κ2) is 7.73. The first-order valence-corrected chi connectivity index (χ1v) is 10.9. The number of nitrogens with one attached hydrogen (secondary N) is 1. The first kappa shape index (κ1) is 20.0. The number of hydrogen-bond acceptors (Lipinski definition) is 6. The number of carbonyl (C=O) groups excluding carboxylic acids is 2. The second-order valence-electron chi connectivity index (χ2n) is 6.37. The number of hydrogen-bond donors (Lipinski definition) is 1. The van der Waals surface area contributed by atoms with E-state index >= 15 is 0 Å². The Bertz CT molecular complexity index is 1150. The lowest BCUT2D eigenvalue weighted by atomic mass is 10.1. The Balaban J connectivity index is 1.92. The van der Waals surface area contributed by atoms with E-state index in [1.165, 1.54) is 42.7 Å². The molecule has 1 N–H and O–H groups in total. The monoisotopic (exact) mass is 417 g/mol. The highest BCUT2D eigenvalue weighted by Gasteiger charge is 2.22. The lowest BCUT2D eigenvalue weighted by Crippen LogP contribution is -2.16. The molecule has 1 aromatic heterocycles. The predicted octanol–water partition coefficient (Wildman–Crippen LogP) is 4.12. The Labute approximate surface area is 167 Å². The van der Waals surface area contributed by atoms with Gasteiger partial charge in [-0.05, 0) is 44.2 Å². The van der Waals surface area contributed by atoms with Crippen LogP contribution >= 0.6 is 11.3 Å². The minimum Gasteiger partial charge on any atom is -0.465 e. The van der Waals surface area contributed by atoms with Crippen LogP contribution in [0.15, 0.2) is 53.4 Å². The number of ether oxygens (including phenoxy) is 1. The Kier molecular flexibility index (Phi) is 5.53. The lowest BCUT2D eigenvalue weighted by Gasteiger charge is -2.09. The van der Waals surface area contributed by atoms with Gasteiger partial charge in [0.25, 0.3) is 5.91 Å². The highest BCUT2D eigenvalue weighted by atomic mass is 32.2. The standard InChI is InChI=1S/C20H19NO5S2/c1-12(2)28(24,25)14-10-8-13(9-11-14)18(22)21-19-17(20(23)26-3)15-6-4-5-7-16(15)27-19/h4-12H,1-3H3,(H,21,22). The fraction of sp³-hybridized carbons (Fsp3) is 0.200. The number of benzene rings is 2. The van der Waals surface area contributed by atoms with Gasteiger partial charge in [-0.2, -0.15) is 0 Å². The van der Waals surface area contributed by atoms with Gasteiger partial charge in [-0.15, -0.1) is 11.3 Å². The van der Waals surface area contributed by atoms with Crippen LogP contribution in [0.4, 0.5) is 5.00 Å². The molecule has 0 unspecified atom stereocenters. The van der Waals surface area contributed by atoms with Crippen LogP contribution < -0.4 is 5.32 Å². The zero-order valence-electron chi connectivity index (χ0n) is 15.6. The molecule has 0 radical (unpaired) electrons. The van der Waals surface area contributed by atoms with Crippen LogP contribution in [-0.2, 0) is 14.6 Å². The minimum absolute atomic E-state index is 0.163. The molecular weight excluding hydrogens is 398 g/mol. The van der Waals surface area contributed by atoms with Crippen molar-refractivity contribution < 1.29 is 22.7 Å². The third-order valence-electron chi connectivity index (χ3n) is 4.28. The molecule has 3 aromatic rings. The lowest BCUT2D eigenvalue weighted by molar-refractivity contribution is 0.0604. The molecule has 0 fully saturated rings. The van der Waals surface area contributed by atoms with Crippen molar-refractivity contribution in [3.05, 3.63) is 59.7 Å². The van der Waals surface area contributed by atoms with Crippen molar-refractivity contribution >= 4 is 48.1 Å². The summed E-state index contributed by atoms with van der Waals surface area (Å²) in [5.41, 5.74) is 0.589. The van der Waals surface area contributed by atoms with Crippen molar-refractivity contribution in [1.82, 2.24) is 0 Å². The maximum Gasteiger partial charge on any atom is 0.341 e. The summed E-state index contributed by atoms with van der Waals surface area (Å²) in [5.74, 6) is -0.976.